The van der Waals surface area contributed by atoms with Gasteiger partial charge in [0.1, 0.15) is 12.2 Å². The summed E-state index contributed by atoms with van der Waals surface area (Å²) in [5, 5.41) is 13.0. The zero-order valence-electron chi connectivity index (χ0n) is 13.9. The van der Waals surface area contributed by atoms with Crippen molar-refractivity contribution in [2.75, 3.05) is 18.0 Å². The van der Waals surface area contributed by atoms with Crippen LogP contribution in [0.25, 0.3) is 0 Å². The van der Waals surface area contributed by atoms with E-state index in [4.69, 9.17) is 23.2 Å². The molecule has 2 heterocycles. The van der Waals surface area contributed by atoms with Crippen LogP contribution in [0.5, 0.6) is 0 Å². The Morgan fingerprint density at radius 1 is 1.15 bits per heavy atom. The van der Waals surface area contributed by atoms with Crippen molar-refractivity contribution in [3.8, 4) is 0 Å². The van der Waals surface area contributed by atoms with Crippen molar-refractivity contribution in [1.29, 1.82) is 0 Å². The summed E-state index contributed by atoms with van der Waals surface area (Å²) in [7, 11) is 0. The fourth-order valence-electron chi connectivity index (χ4n) is 3.25. The number of rotatable bonds is 2. The predicted octanol–water partition coefficient (Wildman–Crippen LogP) is 3.08. The molecule has 6 nitrogen and oxygen atoms in total. The Bertz CT molecular complexity index is 1050. The molecule has 136 valence electrons. The number of aliphatic imine (C=N–C) groups is 1. The van der Waals surface area contributed by atoms with Gasteiger partial charge in [0.25, 0.3) is 0 Å². The third-order valence-electron chi connectivity index (χ3n) is 4.41. The van der Waals surface area contributed by atoms with Crippen LogP contribution in [0.2, 0.25) is 10.0 Å². The molecule has 0 saturated heterocycles. The van der Waals surface area contributed by atoms with E-state index < -0.39 is 11.9 Å². The fourth-order valence-corrected chi connectivity index (χ4v) is 3.65. The Labute approximate surface area is 164 Å². The highest BCUT2D eigenvalue weighted by molar-refractivity contribution is 6.36. The van der Waals surface area contributed by atoms with Gasteiger partial charge in [0.2, 0.25) is 5.91 Å². The van der Waals surface area contributed by atoms with Crippen LogP contribution in [-0.2, 0) is 9.59 Å². The number of carboxylic acid groups (broad SMARTS) is 1. The molecule has 2 aliphatic rings. The number of anilines is 1. The van der Waals surface area contributed by atoms with Crippen molar-refractivity contribution >= 4 is 46.5 Å². The number of carbonyl (C=O) groups is 2. The SMILES string of the molecule is O=C1CN2C(=C(C(=O)O)N1)CN=C(c1ccccc1Cl)c1cc(Cl)ccc12. The van der Waals surface area contributed by atoms with Crippen molar-refractivity contribution in [2.45, 2.75) is 0 Å². The Kier molecular flexibility index (Phi) is 4.37. The monoisotopic (exact) mass is 401 g/mol. The van der Waals surface area contributed by atoms with Crippen LogP contribution in [0.3, 0.4) is 0 Å². The first kappa shape index (κ1) is 17.6. The molecule has 2 aromatic carbocycles. The topological polar surface area (TPSA) is 82.0 Å². The van der Waals surface area contributed by atoms with Gasteiger partial charge in [0, 0.05) is 21.2 Å². The van der Waals surface area contributed by atoms with Gasteiger partial charge in [-0.05, 0) is 24.3 Å². The van der Waals surface area contributed by atoms with Crippen LogP contribution in [0.4, 0.5) is 5.69 Å². The third kappa shape index (κ3) is 3.07. The van der Waals surface area contributed by atoms with Crippen LogP contribution in [0.15, 0.2) is 58.9 Å². The lowest BCUT2D eigenvalue weighted by molar-refractivity contribution is -0.134. The van der Waals surface area contributed by atoms with E-state index >= 15 is 0 Å². The van der Waals surface area contributed by atoms with E-state index in [0.717, 1.165) is 0 Å². The second-order valence-corrected chi connectivity index (χ2v) is 6.91. The lowest BCUT2D eigenvalue weighted by Gasteiger charge is -2.31. The molecule has 0 bridgehead atoms. The number of carboxylic acids is 1. The van der Waals surface area contributed by atoms with E-state index in [1.54, 1.807) is 29.2 Å². The summed E-state index contributed by atoms with van der Waals surface area (Å²) in [6, 6.07) is 12.5. The van der Waals surface area contributed by atoms with Gasteiger partial charge in [-0.25, -0.2) is 4.79 Å². The van der Waals surface area contributed by atoms with Crippen LogP contribution >= 0.6 is 23.2 Å². The van der Waals surface area contributed by atoms with E-state index in [1.165, 1.54) is 0 Å². The minimum Gasteiger partial charge on any atom is -0.477 e. The van der Waals surface area contributed by atoms with E-state index in [1.807, 2.05) is 18.2 Å². The minimum absolute atomic E-state index is 0.00787. The first-order chi connectivity index (χ1) is 13.0. The maximum Gasteiger partial charge on any atom is 0.354 e. The number of nitrogens with one attached hydrogen (secondary N) is 1. The molecule has 0 unspecified atom stereocenters. The van der Waals surface area contributed by atoms with Gasteiger partial charge in [-0.1, -0.05) is 41.4 Å². The van der Waals surface area contributed by atoms with Crippen molar-refractivity contribution in [3.63, 3.8) is 0 Å². The van der Waals surface area contributed by atoms with E-state index in [0.29, 0.717) is 38.3 Å². The Morgan fingerprint density at radius 2 is 1.93 bits per heavy atom. The van der Waals surface area contributed by atoms with E-state index in [-0.39, 0.29) is 18.8 Å². The number of halogens is 2. The van der Waals surface area contributed by atoms with Gasteiger partial charge in [-0.3, -0.25) is 9.79 Å². The molecule has 1 amide bonds. The number of hydrogen-bond donors (Lipinski definition) is 2. The summed E-state index contributed by atoms with van der Waals surface area (Å²) < 4.78 is 0. The predicted molar refractivity (Wildman–Crippen MR) is 104 cm³/mol. The molecule has 2 aromatic rings. The normalized spacial score (nSPS) is 16.1. The summed E-state index contributed by atoms with van der Waals surface area (Å²) >= 11 is 12.6. The molecule has 0 saturated carbocycles. The number of amides is 1. The maximum atomic E-state index is 12.1. The zero-order valence-corrected chi connectivity index (χ0v) is 15.4. The van der Waals surface area contributed by atoms with Crippen LogP contribution in [0.1, 0.15) is 11.1 Å². The van der Waals surface area contributed by atoms with Gasteiger partial charge in [-0.15, -0.1) is 0 Å². The van der Waals surface area contributed by atoms with Crippen molar-refractivity contribution < 1.29 is 14.7 Å². The van der Waals surface area contributed by atoms with Gasteiger partial charge < -0.3 is 15.3 Å². The molecule has 27 heavy (non-hydrogen) atoms. The van der Waals surface area contributed by atoms with Crippen LogP contribution in [-0.4, -0.2) is 35.8 Å². The smallest absolute Gasteiger partial charge is 0.354 e. The van der Waals surface area contributed by atoms with Crippen molar-refractivity contribution in [3.05, 3.63) is 75.0 Å². The number of carbonyl (C=O) groups excluding carboxylic acids is 1. The molecule has 0 spiro atoms. The standard InChI is InChI=1S/C19H13Cl2N3O3/c20-10-5-6-14-12(7-10)17(11-3-1-2-4-13(11)21)22-8-15-18(19(26)27)23-16(25)9-24(14)15/h1-7H,8-9H2,(H,23,25)(H,26,27). The highest BCUT2D eigenvalue weighted by atomic mass is 35.5. The molecule has 8 heteroatoms. The summed E-state index contributed by atoms with van der Waals surface area (Å²) in [6.07, 6.45) is 0. The summed E-state index contributed by atoms with van der Waals surface area (Å²) in [6.45, 7) is 0.0703. The lowest BCUT2D eigenvalue weighted by atomic mass is 10.00. The molecule has 0 atom stereocenters. The van der Waals surface area contributed by atoms with Gasteiger partial charge in [0.05, 0.1) is 23.6 Å². The highest BCUT2D eigenvalue weighted by Crippen LogP contribution is 2.35. The average molecular weight is 402 g/mol. The largest absolute Gasteiger partial charge is 0.477 e. The molecule has 4 rings (SSSR count). The van der Waals surface area contributed by atoms with Crippen molar-refractivity contribution in [1.82, 2.24) is 5.32 Å². The van der Waals surface area contributed by atoms with E-state index in [9.17, 15) is 14.7 Å². The van der Waals surface area contributed by atoms with Crippen LogP contribution < -0.4 is 10.2 Å². The van der Waals surface area contributed by atoms with Crippen LogP contribution in [0, 0.1) is 0 Å². The Balaban J connectivity index is 2.00. The Morgan fingerprint density at radius 3 is 2.67 bits per heavy atom. The number of hydrogen-bond acceptors (Lipinski definition) is 4. The second-order valence-electron chi connectivity index (χ2n) is 6.07. The number of nitrogens with zero attached hydrogens (tertiary/aromatic N) is 2. The molecule has 2 N–H and O–H groups in total. The van der Waals surface area contributed by atoms with Gasteiger partial charge in [-0.2, -0.15) is 0 Å². The quantitative estimate of drug-likeness (QED) is 0.809. The number of fused-ring (bicyclic) bond motifs is 3. The first-order valence-electron chi connectivity index (χ1n) is 8.09. The molecule has 0 radical (unpaired) electrons. The average Bonchev–Trinajstić information content (AvgIpc) is 2.78. The number of aliphatic carboxylic acids is 1. The fraction of sp³-hybridized carbons (Fsp3) is 0.105. The van der Waals surface area contributed by atoms with E-state index in [2.05, 4.69) is 10.3 Å². The molecular formula is C19H13Cl2N3O3. The third-order valence-corrected chi connectivity index (χ3v) is 4.98. The summed E-state index contributed by atoms with van der Waals surface area (Å²) in [5.41, 5.74) is 2.88. The molecule has 0 aromatic heterocycles. The summed E-state index contributed by atoms with van der Waals surface area (Å²) in [4.78, 5) is 30.0. The molecule has 0 fully saturated rings. The maximum absolute atomic E-state index is 12.1. The second kappa shape index (κ2) is 6.72. The highest BCUT2D eigenvalue weighted by Gasteiger charge is 2.33. The first-order valence-corrected chi connectivity index (χ1v) is 8.84. The molecule has 2 aliphatic heterocycles. The van der Waals surface area contributed by atoms with Gasteiger partial charge in [0.15, 0.2) is 0 Å². The Hall–Kier alpha value is -2.83. The number of benzene rings is 2. The van der Waals surface area contributed by atoms with Crippen molar-refractivity contribution in [2.24, 2.45) is 4.99 Å². The lowest BCUT2D eigenvalue weighted by Crippen LogP contribution is -2.46. The van der Waals surface area contributed by atoms with Gasteiger partial charge >= 0.3 is 5.97 Å². The zero-order chi connectivity index (χ0) is 19.1. The minimum atomic E-state index is -1.21. The molecular weight excluding hydrogens is 389 g/mol. The molecule has 0 aliphatic carbocycles. The summed E-state index contributed by atoms with van der Waals surface area (Å²) in [5.74, 6) is -1.62.